The van der Waals surface area contributed by atoms with Crippen molar-refractivity contribution in [3.63, 3.8) is 0 Å². The molecule has 0 saturated carbocycles. The molecule has 0 atom stereocenters. The third kappa shape index (κ3) is 6.99. The molecule has 0 fully saturated rings. The van der Waals surface area contributed by atoms with Gasteiger partial charge in [-0.05, 0) is 53.6 Å². The lowest BCUT2D eigenvalue weighted by Gasteiger charge is -2.12. The molecule has 3 aromatic rings. The number of nitro benzene ring substituents is 1. The fourth-order valence-corrected chi connectivity index (χ4v) is 3.35. The van der Waals surface area contributed by atoms with Gasteiger partial charge in [-0.1, -0.05) is 6.07 Å². The molecule has 0 aliphatic carbocycles. The Morgan fingerprint density at radius 1 is 0.973 bits per heavy atom. The highest BCUT2D eigenvalue weighted by molar-refractivity contribution is 6.01. The Kier molecular flexibility index (Phi) is 9.05. The van der Waals surface area contributed by atoms with Crippen molar-refractivity contribution in [1.29, 1.82) is 5.26 Å². The summed E-state index contributed by atoms with van der Waals surface area (Å²) in [6, 6.07) is 18.2. The van der Waals surface area contributed by atoms with E-state index in [1.807, 2.05) is 6.07 Å². The SMILES string of the molecule is COc1ccc(CNC(=O)/C(C#N)=C/c2ccc(OCc3ccc([N+](=O)[O-])cc3)c(OC)c2)c(OC)c1. The van der Waals surface area contributed by atoms with Crippen molar-refractivity contribution >= 4 is 17.7 Å². The van der Waals surface area contributed by atoms with Crippen molar-refractivity contribution in [2.45, 2.75) is 13.2 Å². The quantitative estimate of drug-likeness (QED) is 0.176. The monoisotopic (exact) mass is 503 g/mol. The minimum absolute atomic E-state index is 0.00191. The third-order valence-corrected chi connectivity index (χ3v) is 5.34. The molecule has 190 valence electrons. The van der Waals surface area contributed by atoms with Gasteiger partial charge in [0.1, 0.15) is 29.7 Å². The van der Waals surface area contributed by atoms with Crippen molar-refractivity contribution < 1.29 is 28.7 Å². The van der Waals surface area contributed by atoms with Gasteiger partial charge in [-0.3, -0.25) is 14.9 Å². The van der Waals surface area contributed by atoms with E-state index in [1.54, 1.807) is 55.6 Å². The Morgan fingerprint density at radius 3 is 2.32 bits per heavy atom. The number of carbonyl (C=O) groups excluding carboxylic acids is 1. The number of carbonyl (C=O) groups is 1. The second kappa shape index (κ2) is 12.6. The highest BCUT2D eigenvalue weighted by atomic mass is 16.6. The molecule has 0 spiro atoms. The summed E-state index contributed by atoms with van der Waals surface area (Å²) >= 11 is 0. The fraction of sp³-hybridized carbons (Fsp3) is 0.185. The molecule has 0 aliphatic rings. The largest absolute Gasteiger partial charge is 0.497 e. The van der Waals surface area contributed by atoms with Crippen molar-refractivity contribution in [3.8, 4) is 29.1 Å². The fourth-order valence-electron chi connectivity index (χ4n) is 3.35. The third-order valence-electron chi connectivity index (χ3n) is 5.34. The summed E-state index contributed by atoms with van der Waals surface area (Å²) in [6.07, 6.45) is 1.45. The summed E-state index contributed by atoms with van der Waals surface area (Å²) in [5, 5.41) is 23.1. The first kappa shape index (κ1) is 26.6. The molecule has 0 heterocycles. The molecular formula is C27H25N3O7. The van der Waals surface area contributed by atoms with Crippen LogP contribution in [0.2, 0.25) is 0 Å². The second-order valence-electron chi connectivity index (χ2n) is 7.65. The van der Waals surface area contributed by atoms with Gasteiger partial charge in [0.2, 0.25) is 0 Å². The number of rotatable bonds is 11. The first-order chi connectivity index (χ1) is 17.9. The van der Waals surface area contributed by atoms with E-state index >= 15 is 0 Å². The van der Waals surface area contributed by atoms with Gasteiger partial charge in [-0.15, -0.1) is 0 Å². The normalized spacial score (nSPS) is 10.7. The minimum atomic E-state index is -0.544. The van der Waals surface area contributed by atoms with E-state index in [2.05, 4.69) is 5.32 Å². The lowest BCUT2D eigenvalue weighted by Crippen LogP contribution is -2.24. The Labute approximate surface area is 213 Å². The number of nitriles is 1. The topological polar surface area (TPSA) is 133 Å². The van der Waals surface area contributed by atoms with Crippen LogP contribution in [0.25, 0.3) is 6.08 Å². The van der Waals surface area contributed by atoms with Crippen molar-refractivity contribution in [2.75, 3.05) is 21.3 Å². The lowest BCUT2D eigenvalue weighted by molar-refractivity contribution is -0.384. The van der Waals surface area contributed by atoms with Crippen LogP contribution in [0.15, 0.2) is 66.2 Å². The van der Waals surface area contributed by atoms with Gasteiger partial charge >= 0.3 is 0 Å². The molecule has 0 bridgehead atoms. The zero-order valence-electron chi connectivity index (χ0n) is 20.5. The van der Waals surface area contributed by atoms with Crippen molar-refractivity contribution in [1.82, 2.24) is 5.32 Å². The van der Waals surface area contributed by atoms with Gasteiger partial charge in [0.25, 0.3) is 11.6 Å². The van der Waals surface area contributed by atoms with Gasteiger partial charge < -0.3 is 24.3 Å². The first-order valence-electron chi connectivity index (χ1n) is 11.0. The number of non-ortho nitro benzene ring substituents is 1. The second-order valence-corrected chi connectivity index (χ2v) is 7.65. The molecule has 0 saturated heterocycles. The average molecular weight is 504 g/mol. The lowest BCUT2D eigenvalue weighted by atomic mass is 10.1. The highest BCUT2D eigenvalue weighted by Gasteiger charge is 2.13. The summed E-state index contributed by atoms with van der Waals surface area (Å²) in [6.45, 7) is 0.327. The molecule has 0 aliphatic heterocycles. The zero-order valence-corrected chi connectivity index (χ0v) is 20.5. The van der Waals surface area contributed by atoms with E-state index in [9.17, 15) is 20.2 Å². The molecule has 37 heavy (non-hydrogen) atoms. The summed E-state index contributed by atoms with van der Waals surface area (Å²) in [4.78, 5) is 23.0. The number of nitrogens with zero attached hydrogens (tertiary/aromatic N) is 2. The molecule has 1 amide bonds. The Hall–Kier alpha value is -5.04. The van der Waals surface area contributed by atoms with Crippen LogP contribution < -0.4 is 24.3 Å². The maximum Gasteiger partial charge on any atom is 0.269 e. The van der Waals surface area contributed by atoms with Gasteiger partial charge in [0, 0.05) is 30.3 Å². The van der Waals surface area contributed by atoms with Gasteiger partial charge in [0.15, 0.2) is 11.5 Å². The zero-order chi connectivity index (χ0) is 26.8. The van der Waals surface area contributed by atoms with E-state index in [0.29, 0.717) is 28.6 Å². The maximum absolute atomic E-state index is 12.7. The minimum Gasteiger partial charge on any atom is -0.497 e. The van der Waals surface area contributed by atoms with E-state index in [4.69, 9.17) is 18.9 Å². The molecule has 3 rings (SSSR count). The highest BCUT2D eigenvalue weighted by Crippen LogP contribution is 2.30. The molecule has 0 radical (unpaired) electrons. The average Bonchev–Trinajstić information content (AvgIpc) is 2.93. The number of nitro groups is 1. The van der Waals surface area contributed by atoms with Gasteiger partial charge in [-0.25, -0.2) is 0 Å². The molecule has 3 aromatic carbocycles. The predicted molar refractivity (Wildman–Crippen MR) is 135 cm³/mol. The molecule has 1 N–H and O–H groups in total. The van der Waals surface area contributed by atoms with Gasteiger partial charge in [0.05, 0.1) is 26.3 Å². The van der Waals surface area contributed by atoms with E-state index in [-0.39, 0.29) is 24.4 Å². The van der Waals surface area contributed by atoms with Crippen LogP contribution in [0, 0.1) is 21.4 Å². The van der Waals surface area contributed by atoms with E-state index in [0.717, 1.165) is 11.1 Å². The number of amides is 1. The first-order valence-corrected chi connectivity index (χ1v) is 11.0. The smallest absolute Gasteiger partial charge is 0.269 e. The van der Waals surface area contributed by atoms with Crippen LogP contribution in [0.5, 0.6) is 23.0 Å². The molecular weight excluding hydrogens is 478 g/mol. The van der Waals surface area contributed by atoms with Crippen LogP contribution in [0.1, 0.15) is 16.7 Å². The number of hydrogen-bond acceptors (Lipinski definition) is 8. The van der Waals surface area contributed by atoms with E-state index < -0.39 is 10.8 Å². The van der Waals surface area contributed by atoms with Crippen LogP contribution in [0.3, 0.4) is 0 Å². The standard InChI is InChI=1S/C27H25N3O7/c1-34-23-10-7-20(25(14-23)35-2)16-29-27(31)21(15-28)12-19-6-11-24(26(13-19)36-3)37-17-18-4-8-22(9-5-18)30(32)33/h4-14H,16-17H2,1-3H3,(H,29,31)/b21-12+. The summed E-state index contributed by atoms with van der Waals surface area (Å²) in [5.41, 5.74) is 1.94. The summed E-state index contributed by atoms with van der Waals surface area (Å²) in [5.74, 6) is 1.47. The molecule has 0 unspecified atom stereocenters. The van der Waals surface area contributed by atoms with Crippen molar-refractivity contribution in [2.24, 2.45) is 0 Å². The predicted octanol–water partition coefficient (Wildman–Crippen LogP) is 4.42. The Bertz CT molecular complexity index is 1350. The molecule has 0 aromatic heterocycles. The number of methoxy groups -OCH3 is 3. The van der Waals surface area contributed by atoms with Crippen LogP contribution >= 0.6 is 0 Å². The Morgan fingerprint density at radius 2 is 1.70 bits per heavy atom. The number of benzene rings is 3. The van der Waals surface area contributed by atoms with Crippen LogP contribution in [0.4, 0.5) is 5.69 Å². The number of hydrogen-bond donors (Lipinski definition) is 1. The summed E-state index contributed by atoms with van der Waals surface area (Å²) < 4.78 is 21.7. The van der Waals surface area contributed by atoms with Gasteiger partial charge in [-0.2, -0.15) is 5.26 Å². The molecule has 10 nitrogen and oxygen atoms in total. The van der Waals surface area contributed by atoms with Crippen molar-refractivity contribution in [3.05, 3.63) is 93.0 Å². The maximum atomic E-state index is 12.7. The Balaban J connectivity index is 1.69. The number of nitrogens with one attached hydrogen (secondary N) is 1. The number of ether oxygens (including phenoxy) is 4. The van der Waals surface area contributed by atoms with Crippen LogP contribution in [-0.4, -0.2) is 32.2 Å². The van der Waals surface area contributed by atoms with Crippen LogP contribution in [-0.2, 0) is 17.9 Å². The van der Waals surface area contributed by atoms with E-state index in [1.165, 1.54) is 32.4 Å². The summed E-state index contributed by atoms with van der Waals surface area (Å²) in [7, 11) is 4.54. The molecule has 10 heteroatoms.